The van der Waals surface area contributed by atoms with Crippen LogP contribution in [0.3, 0.4) is 0 Å². The zero-order valence-electron chi connectivity index (χ0n) is 9.95. The molecule has 4 heteroatoms. The van der Waals surface area contributed by atoms with E-state index in [2.05, 4.69) is 10.2 Å². The van der Waals surface area contributed by atoms with Gasteiger partial charge < -0.3 is 10.2 Å². The van der Waals surface area contributed by atoms with Crippen LogP contribution < -0.4 is 5.32 Å². The highest BCUT2D eigenvalue weighted by Gasteiger charge is 2.48. The fraction of sp³-hybridized carbons (Fsp3) is 1.00. The minimum atomic E-state index is -2.50. The molecule has 0 amide bonds. The molecule has 2 fully saturated rings. The molecule has 0 saturated carbocycles. The number of alkyl halides is 2. The Morgan fingerprint density at radius 1 is 1.20 bits per heavy atom. The number of piperidine rings is 1. The van der Waals surface area contributed by atoms with Crippen molar-refractivity contribution in [2.75, 3.05) is 33.2 Å². The largest absolute Gasteiger partial charge is 0.311 e. The molecule has 1 N–H and O–H groups in total. The van der Waals surface area contributed by atoms with Crippen LogP contribution in [0.1, 0.15) is 26.7 Å². The van der Waals surface area contributed by atoms with E-state index in [0.717, 1.165) is 26.1 Å². The van der Waals surface area contributed by atoms with Crippen LogP contribution >= 0.6 is 0 Å². The van der Waals surface area contributed by atoms with Gasteiger partial charge in [-0.25, -0.2) is 8.78 Å². The van der Waals surface area contributed by atoms with E-state index in [4.69, 9.17) is 0 Å². The Balaban J connectivity index is 0.000000531. The quantitative estimate of drug-likeness (QED) is 0.671. The van der Waals surface area contributed by atoms with E-state index in [1.807, 2.05) is 20.9 Å². The summed E-state index contributed by atoms with van der Waals surface area (Å²) in [5.41, 5.74) is -0.156. The van der Waals surface area contributed by atoms with Crippen molar-refractivity contribution < 1.29 is 8.78 Å². The highest BCUT2D eigenvalue weighted by Crippen LogP contribution is 2.41. The third-order valence-corrected chi connectivity index (χ3v) is 3.15. The number of nitrogens with one attached hydrogen (secondary N) is 1. The van der Waals surface area contributed by atoms with Gasteiger partial charge >= 0.3 is 0 Å². The molecular formula is C11H22F2N2. The Labute approximate surface area is 91.0 Å². The zero-order valence-corrected chi connectivity index (χ0v) is 9.95. The summed E-state index contributed by atoms with van der Waals surface area (Å²) in [7, 11) is 2.00. The van der Waals surface area contributed by atoms with Gasteiger partial charge in [0, 0.05) is 24.9 Å². The maximum absolute atomic E-state index is 13.1. The number of rotatable bonds is 0. The molecule has 1 unspecified atom stereocenters. The molecule has 15 heavy (non-hydrogen) atoms. The smallest absolute Gasteiger partial charge is 0.260 e. The first-order valence-electron chi connectivity index (χ1n) is 5.79. The minimum absolute atomic E-state index is 0.0668. The van der Waals surface area contributed by atoms with Gasteiger partial charge in [0.15, 0.2) is 0 Å². The van der Waals surface area contributed by atoms with Gasteiger partial charge in [-0.2, -0.15) is 0 Å². The normalized spacial score (nSPS) is 35.0. The van der Waals surface area contributed by atoms with Gasteiger partial charge in [0.1, 0.15) is 0 Å². The van der Waals surface area contributed by atoms with Crippen LogP contribution in [-0.4, -0.2) is 44.0 Å². The maximum atomic E-state index is 13.1. The molecule has 2 aliphatic rings. The molecule has 2 heterocycles. The van der Waals surface area contributed by atoms with Gasteiger partial charge in [-0.15, -0.1) is 0 Å². The van der Waals surface area contributed by atoms with Crippen molar-refractivity contribution >= 4 is 0 Å². The van der Waals surface area contributed by atoms with Gasteiger partial charge in [0.25, 0.3) is 5.92 Å². The molecule has 0 aliphatic carbocycles. The first-order valence-corrected chi connectivity index (χ1v) is 5.79. The lowest BCUT2D eigenvalue weighted by Gasteiger charge is -2.38. The molecule has 2 rings (SSSR count). The zero-order chi connectivity index (χ0) is 11.5. The van der Waals surface area contributed by atoms with Crippen molar-refractivity contribution in [2.45, 2.75) is 32.6 Å². The molecule has 2 saturated heterocycles. The van der Waals surface area contributed by atoms with Crippen LogP contribution in [0.25, 0.3) is 0 Å². The van der Waals surface area contributed by atoms with Gasteiger partial charge in [-0.1, -0.05) is 13.8 Å². The number of hydrogen-bond acceptors (Lipinski definition) is 2. The van der Waals surface area contributed by atoms with E-state index >= 15 is 0 Å². The van der Waals surface area contributed by atoms with Crippen molar-refractivity contribution in [3.63, 3.8) is 0 Å². The Kier molecular flexibility index (Phi) is 4.06. The first-order chi connectivity index (χ1) is 7.02. The lowest BCUT2D eigenvalue weighted by molar-refractivity contribution is -0.0655. The predicted octanol–water partition coefficient (Wildman–Crippen LogP) is 1.96. The lowest BCUT2D eigenvalue weighted by atomic mass is 9.78. The Bertz CT molecular complexity index is 205. The number of likely N-dealkylation sites (tertiary alicyclic amines) is 1. The number of hydrogen-bond donors (Lipinski definition) is 1. The van der Waals surface area contributed by atoms with Gasteiger partial charge in [0.2, 0.25) is 0 Å². The van der Waals surface area contributed by atoms with Crippen LogP contribution in [0.15, 0.2) is 0 Å². The molecule has 1 spiro atoms. The molecule has 2 aliphatic heterocycles. The Hall–Kier alpha value is -0.220. The lowest BCUT2D eigenvalue weighted by Crippen LogP contribution is -2.51. The van der Waals surface area contributed by atoms with E-state index in [9.17, 15) is 8.78 Å². The number of halogens is 2. The summed E-state index contributed by atoms with van der Waals surface area (Å²) in [6.45, 7) is 6.39. The average Bonchev–Trinajstić information content (AvgIpc) is 2.48. The molecule has 2 nitrogen and oxygen atoms in total. The highest BCUT2D eigenvalue weighted by atomic mass is 19.3. The second kappa shape index (κ2) is 4.74. The summed E-state index contributed by atoms with van der Waals surface area (Å²) in [6, 6.07) is 0. The van der Waals surface area contributed by atoms with Crippen LogP contribution in [-0.2, 0) is 0 Å². The van der Waals surface area contributed by atoms with Crippen LogP contribution in [0.5, 0.6) is 0 Å². The van der Waals surface area contributed by atoms with Crippen molar-refractivity contribution in [1.82, 2.24) is 10.2 Å². The van der Waals surface area contributed by atoms with Crippen LogP contribution in [0.2, 0.25) is 0 Å². The van der Waals surface area contributed by atoms with E-state index in [-0.39, 0.29) is 18.4 Å². The fourth-order valence-corrected chi connectivity index (χ4v) is 2.63. The SMILES string of the molecule is CC.CN1CCC2(CNCC(F)(F)C2)C1. The van der Waals surface area contributed by atoms with E-state index in [1.165, 1.54) is 0 Å². The molecule has 1 atom stereocenters. The second-order valence-corrected chi connectivity index (χ2v) is 4.62. The van der Waals surface area contributed by atoms with Crippen LogP contribution in [0.4, 0.5) is 8.78 Å². The molecule has 0 radical (unpaired) electrons. The van der Waals surface area contributed by atoms with Crippen molar-refractivity contribution in [3.8, 4) is 0 Å². The summed E-state index contributed by atoms with van der Waals surface area (Å²) in [5.74, 6) is -2.50. The van der Waals surface area contributed by atoms with Crippen molar-refractivity contribution in [1.29, 1.82) is 0 Å². The molecule has 0 bridgehead atoms. The number of nitrogens with zero attached hydrogens (tertiary/aromatic N) is 1. The monoisotopic (exact) mass is 220 g/mol. The van der Waals surface area contributed by atoms with Gasteiger partial charge in [0.05, 0.1) is 6.54 Å². The predicted molar refractivity (Wildman–Crippen MR) is 58.3 cm³/mol. The van der Waals surface area contributed by atoms with Gasteiger partial charge in [-0.3, -0.25) is 0 Å². The maximum Gasteiger partial charge on any atom is 0.260 e. The van der Waals surface area contributed by atoms with E-state index in [0.29, 0.717) is 0 Å². The topological polar surface area (TPSA) is 15.3 Å². The first kappa shape index (κ1) is 12.8. The summed E-state index contributed by atoms with van der Waals surface area (Å²) in [4.78, 5) is 2.14. The molecule has 0 aromatic carbocycles. The van der Waals surface area contributed by atoms with Crippen molar-refractivity contribution in [3.05, 3.63) is 0 Å². The highest BCUT2D eigenvalue weighted by molar-refractivity contribution is 4.98. The summed E-state index contributed by atoms with van der Waals surface area (Å²) < 4.78 is 26.3. The summed E-state index contributed by atoms with van der Waals surface area (Å²) in [6.07, 6.45) is 0.976. The average molecular weight is 220 g/mol. The molecule has 90 valence electrons. The van der Waals surface area contributed by atoms with E-state index in [1.54, 1.807) is 0 Å². The Morgan fingerprint density at radius 3 is 2.33 bits per heavy atom. The molecule has 0 aromatic heterocycles. The van der Waals surface area contributed by atoms with E-state index < -0.39 is 5.92 Å². The van der Waals surface area contributed by atoms with Gasteiger partial charge in [-0.05, 0) is 20.0 Å². The standard InChI is InChI=1S/C9H16F2N2.C2H6/c1-13-3-2-8(7-13)4-9(10,11)6-12-5-8;1-2/h12H,2-7H2,1H3;1-2H3. The third kappa shape index (κ3) is 3.11. The third-order valence-electron chi connectivity index (χ3n) is 3.15. The van der Waals surface area contributed by atoms with Crippen LogP contribution in [0, 0.1) is 5.41 Å². The minimum Gasteiger partial charge on any atom is -0.311 e. The summed E-state index contributed by atoms with van der Waals surface area (Å²) in [5, 5.41) is 2.85. The van der Waals surface area contributed by atoms with Crippen molar-refractivity contribution in [2.24, 2.45) is 5.41 Å². The fourth-order valence-electron chi connectivity index (χ4n) is 2.63. The second-order valence-electron chi connectivity index (χ2n) is 4.62. The molecule has 0 aromatic rings. The Morgan fingerprint density at radius 2 is 1.87 bits per heavy atom. The molecular weight excluding hydrogens is 198 g/mol. The summed E-state index contributed by atoms with van der Waals surface area (Å²) >= 11 is 0.